The fourth-order valence-electron chi connectivity index (χ4n) is 2.94. The number of nitrogens with zero attached hydrogens (tertiary/aromatic N) is 3. The van der Waals surface area contributed by atoms with E-state index in [2.05, 4.69) is 10.00 Å². The molecule has 1 atom stereocenters. The molecule has 0 aliphatic carbocycles. The monoisotopic (exact) mass is 349 g/mol. The summed E-state index contributed by atoms with van der Waals surface area (Å²) in [5.41, 5.74) is 1.11. The van der Waals surface area contributed by atoms with Gasteiger partial charge in [-0.1, -0.05) is 12.1 Å². The van der Waals surface area contributed by atoms with Gasteiger partial charge in [-0.15, -0.1) is 0 Å². The molecule has 0 bridgehead atoms. The van der Waals surface area contributed by atoms with Gasteiger partial charge in [-0.2, -0.15) is 5.10 Å². The summed E-state index contributed by atoms with van der Waals surface area (Å²) in [5, 5.41) is 4.24. The van der Waals surface area contributed by atoms with Crippen molar-refractivity contribution < 1.29 is 13.2 Å². The Balaban J connectivity index is 1.62. The van der Waals surface area contributed by atoms with Crippen LogP contribution >= 0.6 is 0 Å². The highest BCUT2D eigenvalue weighted by atomic mass is 32.2. The van der Waals surface area contributed by atoms with E-state index in [0.717, 1.165) is 44.8 Å². The molecule has 2 heterocycles. The topological polar surface area (TPSA) is 64.4 Å². The molecule has 1 aliphatic rings. The predicted molar refractivity (Wildman–Crippen MR) is 91.4 cm³/mol. The summed E-state index contributed by atoms with van der Waals surface area (Å²) in [5.74, 6) is 0. The Morgan fingerprint density at radius 3 is 2.75 bits per heavy atom. The first-order chi connectivity index (χ1) is 11.5. The van der Waals surface area contributed by atoms with Crippen molar-refractivity contribution in [3.8, 4) is 0 Å². The molecule has 0 N–H and O–H groups in total. The number of sulfone groups is 1. The largest absolute Gasteiger partial charge is 0.375 e. The van der Waals surface area contributed by atoms with Crippen LogP contribution in [0.15, 0.2) is 47.6 Å². The van der Waals surface area contributed by atoms with Crippen LogP contribution in [0.5, 0.6) is 0 Å². The first-order valence-electron chi connectivity index (χ1n) is 8.11. The highest BCUT2D eigenvalue weighted by molar-refractivity contribution is 7.90. The van der Waals surface area contributed by atoms with Crippen LogP contribution in [0.3, 0.4) is 0 Å². The second-order valence-electron chi connectivity index (χ2n) is 6.23. The molecule has 3 rings (SSSR count). The minimum Gasteiger partial charge on any atom is -0.375 e. The van der Waals surface area contributed by atoms with Gasteiger partial charge in [-0.05, 0) is 30.2 Å². The Bertz CT molecular complexity index is 742. The van der Waals surface area contributed by atoms with E-state index >= 15 is 0 Å². The van der Waals surface area contributed by atoms with Crippen molar-refractivity contribution in [2.75, 3.05) is 26.0 Å². The van der Waals surface area contributed by atoms with Crippen LogP contribution in [0, 0.1) is 0 Å². The molecule has 0 saturated carbocycles. The molecular weight excluding hydrogens is 326 g/mol. The average Bonchev–Trinajstić information content (AvgIpc) is 2.94. The maximum Gasteiger partial charge on any atom is 0.175 e. The third-order valence-electron chi connectivity index (χ3n) is 4.14. The van der Waals surface area contributed by atoms with Gasteiger partial charge in [0, 0.05) is 44.9 Å². The maximum atomic E-state index is 11.5. The SMILES string of the molecule is CS(=O)(=O)c1ccc(CN2CCCO[C@H](Cn3cccn3)C2)cc1. The van der Waals surface area contributed by atoms with E-state index in [1.165, 1.54) is 6.26 Å². The Hall–Kier alpha value is -1.70. The van der Waals surface area contributed by atoms with Crippen LogP contribution in [-0.4, -0.2) is 55.2 Å². The molecule has 1 aliphatic heterocycles. The lowest BCUT2D eigenvalue weighted by molar-refractivity contribution is 0.0391. The first-order valence-corrected chi connectivity index (χ1v) is 10.0. The minimum atomic E-state index is -3.14. The lowest BCUT2D eigenvalue weighted by atomic mass is 10.2. The number of aromatic nitrogens is 2. The lowest BCUT2D eigenvalue weighted by Crippen LogP contribution is -2.34. The summed E-state index contributed by atoms with van der Waals surface area (Å²) in [6.45, 7) is 4.12. The molecule has 0 spiro atoms. The van der Waals surface area contributed by atoms with E-state index in [1.54, 1.807) is 18.3 Å². The van der Waals surface area contributed by atoms with Gasteiger partial charge in [-0.3, -0.25) is 9.58 Å². The number of hydrogen-bond acceptors (Lipinski definition) is 5. The Labute approximate surface area is 143 Å². The average molecular weight is 349 g/mol. The van der Waals surface area contributed by atoms with Crippen LogP contribution in [0.25, 0.3) is 0 Å². The van der Waals surface area contributed by atoms with Gasteiger partial charge in [0.2, 0.25) is 0 Å². The van der Waals surface area contributed by atoms with Crippen molar-refractivity contribution in [3.05, 3.63) is 48.3 Å². The zero-order chi connectivity index (χ0) is 17.0. The van der Waals surface area contributed by atoms with Crippen LogP contribution in [-0.2, 0) is 27.7 Å². The number of rotatable bonds is 5. The van der Waals surface area contributed by atoms with Crippen molar-refractivity contribution in [3.63, 3.8) is 0 Å². The quantitative estimate of drug-likeness (QED) is 0.820. The van der Waals surface area contributed by atoms with Crippen LogP contribution in [0.4, 0.5) is 0 Å². The van der Waals surface area contributed by atoms with Crippen molar-refractivity contribution in [1.82, 2.24) is 14.7 Å². The van der Waals surface area contributed by atoms with E-state index < -0.39 is 9.84 Å². The van der Waals surface area contributed by atoms with Crippen molar-refractivity contribution in [1.29, 1.82) is 0 Å². The molecule has 24 heavy (non-hydrogen) atoms. The van der Waals surface area contributed by atoms with Crippen LogP contribution in [0.2, 0.25) is 0 Å². The van der Waals surface area contributed by atoms with Gasteiger partial charge in [0.25, 0.3) is 0 Å². The van der Waals surface area contributed by atoms with Crippen molar-refractivity contribution in [2.45, 2.75) is 30.5 Å². The lowest BCUT2D eigenvalue weighted by Gasteiger charge is -2.23. The predicted octanol–water partition coefficient (Wildman–Crippen LogP) is 1.58. The molecule has 0 amide bonds. The zero-order valence-corrected chi connectivity index (χ0v) is 14.7. The summed E-state index contributed by atoms with van der Waals surface area (Å²) >= 11 is 0. The maximum absolute atomic E-state index is 11.5. The molecule has 0 radical (unpaired) electrons. The van der Waals surface area contributed by atoms with Gasteiger partial charge in [0.05, 0.1) is 17.5 Å². The van der Waals surface area contributed by atoms with E-state index in [1.807, 2.05) is 29.1 Å². The molecule has 0 unspecified atom stereocenters. The second-order valence-corrected chi connectivity index (χ2v) is 8.24. The van der Waals surface area contributed by atoms with E-state index in [0.29, 0.717) is 4.90 Å². The summed E-state index contributed by atoms with van der Waals surface area (Å²) in [6, 6.07) is 9.06. The van der Waals surface area contributed by atoms with E-state index in [9.17, 15) is 8.42 Å². The molecular formula is C17H23N3O3S. The molecule has 1 fully saturated rings. The smallest absolute Gasteiger partial charge is 0.175 e. The van der Waals surface area contributed by atoms with Crippen LogP contribution in [0.1, 0.15) is 12.0 Å². The van der Waals surface area contributed by atoms with Crippen LogP contribution < -0.4 is 0 Å². The number of hydrogen-bond donors (Lipinski definition) is 0. The van der Waals surface area contributed by atoms with E-state index in [-0.39, 0.29) is 6.10 Å². The first kappa shape index (κ1) is 17.1. The van der Waals surface area contributed by atoms with Gasteiger partial charge in [0.15, 0.2) is 9.84 Å². The normalized spacial score (nSPS) is 20.0. The van der Waals surface area contributed by atoms with E-state index in [4.69, 9.17) is 4.74 Å². The highest BCUT2D eigenvalue weighted by Crippen LogP contribution is 2.15. The fraction of sp³-hybridized carbons (Fsp3) is 0.471. The summed E-state index contributed by atoms with van der Waals surface area (Å²) in [6.07, 6.45) is 6.06. The Kier molecular flexibility index (Phi) is 5.33. The van der Waals surface area contributed by atoms with Crippen molar-refractivity contribution in [2.24, 2.45) is 0 Å². The van der Waals surface area contributed by atoms with Gasteiger partial charge in [0.1, 0.15) is 0 Å². The standard InChI is InChI=1S/C17H23N3O3S/c1-24(21,22)17-6-4-15(5-7-17)12-19-9-3-11-23-16(13-19)14-20-10-2-8-18-20/h2,4-8,10,16H,3,9,11-14H2,1H3/t16-/m0/s1. The van der Waals surface area contributed by atoms with Gasteiger partial charge < -0.3 is 4.74 Å². The molecule has 130 valence electrons. The summed E-state index contributed by atoms with van der Waals surface area (Å²) < 4.78 is 30.9. The molecule has 1 saturated heterocycles. The van der Waals surface area contributed by atoms with Gasteiger partial charge in [-0.25, -0.2) is 8.42 Å². The highest BCUT2D eigenvalue weighted by Gasteiger charge is 2.19. The third kappa shape index (κ3) is 4.66. The van der Waals surface area contributed by atoms with Crippen molar-refractivity contribution >= 4 is 9.84 Å². The Morgan fingerprint density at radius 2 is 2.08 bits per heavy atom. The molecule has 2 aromatic rings. The number of benzene rings is 1. The third-order valence-corrected chi connectivity index (χ3v) is 5.27. The molecule has 6 nitrogen and oxygen atoms in total. The van der Waals surface area contributed by atoms with Gasteiger partial charge >= 0.3 is 0 Å². The summed E-state index contributed by atoms with van der Waals surface area (Å²) in [4.78, 5) is 2.72. The zero-order valence-electron chi connectivity index (χ0n) is 13.8. The minimum absolute atomic E-state index is 0.114. The molecule has 1 aromatic heterocycles. The molecule has 1 aromatic carbocycles. The molecule has 7 heteroatoms. The summed E-state index contributed by atoms with van der Waals surface area (Å²) in [7, 11) is -3.14. The second kappa shape index (κ2) is 7.46. The Morgan fingerprint density at radius 1 is 1.29 bits per heavy atom. The number of ether oxygens (including phenoxy) is 1. The fourth-order valence-corrected chi connectivity index (χ4v) is 3.57.